The largest absolute Gasteiger partial charge is 0.394 e. The number of amides is 2. The van der Waals surface area contributed by atoms with Gasteiger partial charge in [0.2, 0.25) is 5.91 Å². The molecule has 188 valence electrons. The molecule has 0 radical (unpaired) electrons. The van der Waals surface area contributed by atoms with E-state index in [1.165, 1.54) is 28.9 Å². The van der Waals surface area contributed by atoms with Gasteiger partial charge in [-0.3, -0.25) is 14.3 Å². The summed E-state index contributed by atoms with van der Waals surface area (Å²) in [5.41, 5.74) is 0.737. The molecule has 0 fully saturated rings. The van der Waals surface area contributed by atoms with Crippen molar-refractivity contribution in [3.8, 4) is 0 Å². The maximum atomic E-state index is 14.4. The summed E-state index contributed by atoms with van der Waals surface area (Å²) in [5, 5.41) is 28.6. The van der Waals surface area contributed by atoms with E-state index in [4.69, 9.17) is 5.11 Å². The van der Waals surface area contributed by atoms with Crippen LogP contribution in [0.5, 0.6) is 0 Å². The van der Waals surface area contributed by atoms with Crippen LogP contribution < -0.4 is 10.6 Å². The van der Waals surface area contributed by atoms with Crippen LogP contribution in [0.15, 0.2) is 36.4 Å². The SMILES string of the molecule is Cc1cc2c(C(=O)N[C@H](C(=O)NC[C@H](O)CO)C(C)(C)C)nn(Cc3ccc(F)cc3)c2cc1F. The number of halogens is 2. The summed E-state index contributed by atoms with van der Waals surface area (Å²) < 4.78 is 29.2. The van der Waals surface area contributed by atoms with E-state index in [0.29, 0.717) is 22.0 Å². The number of hydrogen-bond donors (Lipinski definition) is 4. The zero-order chi connectivity index (χ0) is 25.9. The van der Waals surface area contributed by atoms with Crippen LogP contribution in [-0.4, -0.2) is 57.1 Å². The fourth-order valence-corrected chi connectivity index (χ4v) is 3.61. The molecular formula is C25H30F2N4O4. The highest BCUT2D eigenvalue weighted by Gasteiger charge is 2.34. The lowest BCUT2D eigenvalue weighted by Gasteiger charge is -2.30. The summed E-state index contributed by atoms with van der Waals surface area (Å²) in [5.74, 6) is -2.01. The summed E-state index contributed by atoms with van der Waals surface area (Å²) in [6, 6.07) is 7.60. The number of aliphatic hydroxyl groups excluding tert-OH is 2. The molecule has 3 rings (SSSR count). The molecule has 0 aliphatic carbocycles. The molecule has 0 unspecified atom stereocenters. The van der Waals surface area contributed by atoms with Gasteiger partial charge in [-0.2, -0.15) is 5.10 Å². The first-order valence-corrected chi connectivity index (χ1v) is 11.2. The maximum absolute atomic E-state index is 14.4. The molecule has 0 bridgehead atoms. The minimum Gasteiger partial charge on any atom is -0.394 e. The van der Waals surface area contributed by atoms with Gasteiger partial charge >= 0.3 is 0 Å². The van der Waals surface area contributed by atoms with Crippen LogP contribution in [0, 0.1) is 24.0 Å². The highest BCUT2D eigenvalue weighted by atomic mass is 19.1. The monoisotopic (exact) mass is 488 g/mol. The molecule has 0 aliphatic rings. The van der Waals surface area contributed by atoms with Crippen molar-refractivity contribution in [2.75, 3.05) is 13.2 Å². The number of aryl methyl sites for hydroxylation is 1. The Labute approximate surface area is 201 Å². The Morgan fingerprint density at radius 3 is 2.40 bits per heavy atom. The number of rotatable bonds is 8. The number of nitrogens with one attached hydrogen (secondary N) is 2. The predicted octanol–water partition coefficient (Wildman–Crippen LogP) is 2.29. The van der Waals surface area contributed by atoms with E-state index in [1.807, 2.05) is 0 Å². The van der Waals surface area contributed by atoms with Gasteiger partial charge in [-0.05, 0) is 41.7 Å². The van der Waals surface area contributed by atoms with Crippen molar-refractivity contribution >= 4 is 22.7 Å². The van der Waals surface area contributed by atoms with E-state index in [0.717, 1.165) is 0 Å². The number of aliphatic hydroxyl groups is 2. The first-order valence-electron chi connectivity index (χ1n) is 11.2. The molecule has 2 amide bonds. The lowest BCUT2D eigenvalue weighted by atomic mass is 9.86. The Bertz CT molecular complexity index is 1220. The lowest BCUT2D eigenvalue weighted by Crippen LogP contribution is -2.54. The quantitative estimate of drug-likeness (QED) is 0.388. The van der Waals surface area contributed by atoms with Gasteiger partial charge in [-0.1, -0.05) is 32.9 Å². The maximum Gasteiger partial charge on any atom is 0.273 e. The van der Waals surface area contributed by atoms with Crippen molar-refractivity contribution in [3.63, 3.8) is 0 Å². The average molecular weight is 489 g/mol. The molecule has 8 nitrogen and oxygen atoms in total. The number of nitrogens with zero attached hydrogens (tertiary/aromatic N) is 2. The Morgan fingerprint density at radius 1 is 1.14 bits per heavy atom. The minimum atomic E-state index is -1.13. The zero-order valence-corrected chi connectivity index (χ0v) is 20.1. The molecule has 4 N–H and O–H groups in total. The molecule has 2 atom stereocenters. The van der Waals surface area contributed by atoms with Gasteiger partial charge in [0.05, 0.1) is 24.8 Å². The Hall–Kier alpha value is -3.37. The van der Waals surface area contributed by atoms with Crippen molar-refractivity contribution in [2.45, 2.75) is 46.4 Å². The van der Waals surface area contributed by atoms with E-state index < -0.39 is 41.8 Å². The molecule has 1 heterocycles. The highest BCUT2D eigenvalue weighted by molar-refractivity contribution is 6.06. The number of carbonyl (C=O) groups is 2. The van der Waals surface area contributed by atoms with Gasteiger partial charge in [0, 0.05) is 18.0 Å². The number of benzene rings is 2. The van der Waals surface area contributed by atoms with Gasteiger partial charge in [0.25, 0.3) is 5.91 Å². The van der Waals surface area contributed by atoms with E-state index >= 15 is 0 Å². The Morgan fingerprint density at radius 2 is 1.80 bits per heavy atom. The summed E-state index contributed by atoms with van der Waals surface area (Å²) in [6.45, 7) is 6.37. The second-order valence-corrected chi connectivity index (χ2v) is 9.61. The highest BCUT2D eigenvalue weighted by Crippen LogP contribution is 2.25. The van der Waals surface area contributed by atoms with E-state index in [2.05, 4.69) is 15.7 Å². The van der Waals surface area contributed by atoms with Crippen LogP contribution in [0.1, 0.15) is 42.4 Å². The molecule has 0 aliphatic heterocycles. The average Bonchev–Trinajstić information content (AvgIpc) is 3.13. The third kappa shape index (κ3) is 6.20. The summed E-state index contributed by atoms with van der Waals surface area (Å²) in [6.07, 6.45) is -1.13. The third-order valence-electron chi connectivity index (χ3n) is 5.62. The molecule has 1 aromatic heterocycles. The third-order valence-corrected chi connectivity index (χ3v) is 5.62. The van der Waals surface area contributed by atoms with Gasteiger partial charge in [0.15, 0.2) is 5.69 Å². The summed E-state index contributed by atoms with van der Waals surface area (Å²) in [4.78, 5) is 26.1. The topological polar surface area (TPSA) is 116 Å². The fraction of sp³-hybridized carbons (Fsp3) is 0.400. The van der Waals surface area contributed by atoms with Crippen LogP contribution in [0.25, 0.3) is 10.9 Å². The van der Waals surface area contributed by atoms with Crippen LogP contribution in [0.2, 0.25) is 0 Å². The second-order valence-electron chi connectivity index (χ2n) is 9.61. The Kier molecular flexibility index (Phi) is 7.86. The normalized spacial score (nSPS) is 13.5. The minimum absolute atomic E-state index is 0.0163. The van der Waals surface area contributed by atoms with Crippen LogP contribution in [0.4, 0.5) is 8.78 Å². The van der Waals surface area contributed by atoms with Gasteiger partial charge in [0.1, 0.15) is 17.7 Å². The van der Waals surface area contributed by atoms with Crippen LogP contribution in [-0.2, 0) is 11.3 Å². The van der Waals surface area contributed by atoms with Crippen molar-refractivity contribution in [2.24, 2.45) is 5.41 Å². The number of fused-ring (bicyclic) bond motifs is 1. The molecule has 0 saturated heterocycles. The molecule has 10 heteroatoms. The lowest BCUT2D eigenvalue weighted by molar-refractivity contribution is -0.125. The van der Waals surface area contributed by atoms with Gasteiger partial charge in [-0.25, -0.2) is 8.78 Å². The van der Waals surface area contributed by atoms with Gasteiger partial charge in [-0.15, -0.1) is 0 Å². The van der Waals surface area contributed by atoms with Crippen molar-refractivity contribution in [1.82, 2.24) is 20.4 Å². The van der Waals surface area contributed by atoms with E-state index in [1.54, 1.807) is 39.8 Å². The van der Waals surface area contributed by atoms with Crippen molar-refractivity contribution in [1.29, 1.82) is 0 Å². The standard InChI is InChI=1S/C25H30F2N4O4/c1-14-9-18-20(10-19(14)27)31(12-15-5-7-16(26)8-6-15)30-21(18)23(34)29-22(25(2,3)4)24(35)28-11-17(33)13-32/h5-10,17,22,32-33H,11-13H2,1-4H3,(H,28,35)(H,29,34)/t17-,22+/m0/s1. The smallest absolute Gasteiger partial charge is 0.273 e. The molecule has 2 aromatic carbocycles. The summed E-state index contributed by atoms with van der Waals surface area (Å²) in [7, 11) is 0. The summed E-state index contributed by atoms with van der Waals surface area (Å²) >= 11 is 0. The fourth-order valence-electron chi connectivity index (χ4n) is 3.61. The number of aromatic nitrogens is 2. The van der Waals surface area contributed by atoms with E-state index in [-0.39, 0.29) is 24.6 Å². The molecular weight excluding hydrogens is 458 g/mol. The van der Waals surface area contributed by atoms with E-state index in [9.17, 15) is 23.5 Å². The Balaban J connectivity index is 1.95. The molecule has 35 heavy (non-hydrogen) atoms. The first-order chi connectivity index (χ1) is 16.4. The van der Waals surface area contributed by atoms with Crippen molar-refractivity contribution in [3.05, 3.63) is 64.9 Å². The van der Waals surface area contributed by atoms with Crippen LogP contribution >= 0.6 is 0 Å². The van der Waals surface area contributed by atoms with Gasteiger partial charge < -0.3 is 20.8 Å². The zero-order valence-electron chi connectivity index (χ0n) is 20.1. The van der Waals surface area contributed by atoms with Crippen LogP contribution in [0.3, 0.4) is 0 Å². The predicted molar refractivity (Wildman–Crippen MR) is 127 cm³/mol. The first kappa shape index (κ1) is 26.2. The molecule has 0 saturated carbocycles. The number of hydrogen-bond acceptors (Lipinski definition) is 5. The number of carbonyl (C=O) groups excluding carboxylic acids is 2. The second kappa shape index (κ2) is 10.5. The molecule has 0 spiro atoms. The molecule has 3 aromatic rings. The van der Waals surface area contributed by atoms with Crippen molar-refractivity contribution < 1.29 is 28.6 Å².